The first-order valence-electron chi connectivity index (χ1n) is 9.09. The lowest BCUT2D eigenvalue weighted by Crippen LogP contribution is -2.46. The zero-order valence-electron chi connectivity index (χ0n) is 15.0. The molecule has 1 fully saturated rings. The van der Waals surface area contributed by atoms with Crippen LogP contribution >= 0.6 is 11.3 Å². The summed E-state index contributed by atoms with van der Waals surface area (Å²) in [5.41, 5.74) is 1.38. The molecule has 1 aliphatic heterocycles. The van der Waals surface area contributed by atoms with Gasteiger partial charge in [0.05, 0.1) is 0 Å². The van der Waals surface area contributed by atoms with Crippen LogP contribution in [0.2, 0.25) is 0 Å². The van der Waals surface area contributed by atoms with Gasteiger partial charge in [0.2, 0.25) is 5.91 Å². The largest absolute Gasteiger partial charge is 0.326 e. The molecule has 0 aliphatic carbocycles. The van der Waals surface area contributed by atoms with E-state index in [1.165, 1.54) is 18.2 Å². The highest BCUT2D eigenvalue weighted by atomic mass is 32.1. The van der Waals surface area contributed by atoms with Crippen molar-refractivity contribution < 1.29 is 9.59 Å². The van der Waals surface area contributed by atoms with Gasteiger partial charge in [-0.05, 0) is 61.7 Å². The quantitative estimate of drug-likeness (QED) is 0.798. The highest BCUT2D eigenvalue weighted by Crippen LogP contribution is 2.24. The van der Waals surface area contributed by atoms with E-state index in [-0.39, 0.29) is 18.0 Å². The topological polar surface area (TPSA) is 61.4 Å². The van der Waals surface area contributed by atoms with Crippen LogP contribution in [-0.4, -0.2) is 29.4 Å². The predicted molar refractivity (Wildman–Crippen MR) is 107 cm³/mol. The molecule has 0 saturated carbocycles. The van der Waals surface area contributed by atoms with Crippen molar-refractivity contribution in [1.29, 1.82) is 0 Å². The van der Waals surface area contributed by atoms with Crippen molar-refractivity contribution >= 4 is 34.6 Å². The second-order valence-electron chi connectivity index (χ2n) is 6.65. The minimum absolute atomic E-state index is 0.0548. The molecule has 1 aromatic carbocycles. The van der Waals surface area contributed by atoms with Gasteiger partial charge in [0.1, 0.15) is 0 Å². The Kier molecular flexibility index (Phi) is 6.28. The average Bonchev–Trinajstić information content (AvgIpc) is 3.13. The molecular formula is C20H25N3O2S. The number of hydrogen-bond donors (Lipinski definition) is 2. The van der Waals surface area contributed by atoms with Gasteiger partial charge in [0.25, 0.3) is 0 Å². The fourth-order valence-electron chi connectivity index (χ4n) is 3.41. The highest BCUT2D eigenvalue weighted by molar-refractivity contribution is 7.09. The van der Waals surface area contributed by atoms with E-state index in [9.17, 15) is 9.59 Å². The highest BCUT2D eigenvalue weighted by Gasteiger charge is 2.26. The lowest BCUT2D eigenvalue weighted by molar-refractivity contribution is -0.114. The number of amides is 3. The Morgan fingerprint density at radius 3 is 2.69 bits per heavy atom. The molecule has 2 aromatic rings. The Balaban J connectivity index is 1.62. The van der Waals surface area contributed by atoms with Crippen molar-refractivity contribution in [2.24, 2.45) is 0 Å². The summed E-state index contributed by atoms with van der Waals surface area (Å²) in [4.78, 5) is 27.4. The Morgan fingerprint density at radius 1 is 1.15 bits per heavy atom. The van der Waals surface area contributed by atoms with E-state index in [0.717, 1.165) is 32.2 Å². The number of nitrogens with one attached hydrogen (secondary N) is 2. The SMILES string of the molecule is CC(=O)Nc1cccc(NC(=O)N2CCCC[C@@H]2CCc2cccs2)c1. The van der Waals surface area contributed by atoms with E-state index in [4.69, 9.17) is 0 Å². The van der Waals surface area contributed by atoms with Crippen LogP contribution in [0.1, 0.15) is 37.5 Å². The third-order valence-corrected chi connectivity index (χ3v) is 5.56. The standard InChI is InChI=1S/C20H25N3O2S/c1-15(24)21-16-6-4-7-17(14-16)22-20(25)23-12-3-2-8-18(23)10-11-19-9-5-13-26-19/h4-7,9,13-14,18H,2-3,8,10-12H2,1H3,(H,21,24)(H,22,25)/t18-/m1/s1. The summed E-state index contributed by atoms with van der Waals surface area (Å²) in [5, 5.41) is 7.83. The van der Waals surface area contributed by atoms with Crippen LogP contribution in [0.15, 0.2) is 41.8 Å². The van der Waals surface area contributed by atoms with Crippen LogP contribution in [0, 0.1) is 0 Å². The summed E-state index contributed by atoms with van der Waals surface area (Å²) in [7, 11) is 0. The van der Waals surface area contributed by atoms with Gasteiger partial charge in [-0.2, -0.15) is 0 Å². The molecule has 0 radical (unpaired) electrons. The van der Waals surface area contributed by atoms with Crippen molar-refractivity contribution in [3.8, 4) is 0 Å². The molecule has 5 nitrogen and oxygen atoms in total. The molecule has 6 heteroatoms. The molecule has 26 heavy (non-hydrogen) atoms. The molecule has 1 aliphatic rings. The second kappa shape index (κ2) is 8.85. The number of anilines is 2. The van der Waals surface area contributed by atoms with Crippen LogP contribution in [0.5, 0.6) is 0 Å². The Hall–Kier alpha value is -2.34. The van der Waals surface area contributed by atoms with E-state index in [1.54, 1.807) is 17.4 Å². The molecule has 1 saturated heterocycles. The smallest absolute Gasteiger partial charge is 0.322 e. The maximum Gasteiger partial charge on any atom is 0.322 e. The summed E-state index contributed by atoms with van der Waals surface area (Å²) >= 11 is 1.78. The van der Waals surface area contributed by atoms with Crippen molar-refractivity contribution in [2.75, 3.05) is 17.2 Å². The Bertz CT molecular complexity index is 745. The number of piperidine rings is 1. The Labute approximate surface area is 158 Å². The van der Waals surface area contributed by atoms with Crippen molar-refractivity contribution in [1.82, 2.24) is 4.90 Å². The van der Waals surface area contributed by atoms with E-state index in [1.807, 2.05) is 23.1 Å². The van der Waals surface area contributed by atoms with E-state index in [0.29, 0.717) is 11.4 Å². The fraction of sp³-hybridized carbons (Fsp3) is 0.400. The van der Waals surface area contributed by atoms with Gasteiger partial charge >= 0.3 is 6.03 Å². The minimum atomic E-state index is -0.127. The molecule has 0 bridgehead atoms. The van der Waals surface area contributed by atoms with Gasteiger partial charge in [0.15, 0.2) is 0 Å². The number of benzene rings is 1. The Morgan fingerprint density at radius 2 is 1.96 bits per heavy atom. The first kappa shape index (κ1) is 18.5. The minimum Gasteiger partial charge on any atom is -0.326 e. The summed E-state index contributed by atoms with van der Waals surface area (Å²) in [5.74, 6) is -0.127. The number of carbonyl (C=O) groups excluding carboxylic acids is 2. The number of likely N-dealkylation sites (tertiary alicyclic amines) is 1. The molecule has 1 aromatic heterocycles. The molecule has 2 N–H and O–H groups in total. The van der Waals surface area contributed by atoms with Crippen LogP contribution in [0.25, 0.3) is 0 Å². The molecule has 3 amide bonds. The van der Waals surface area contributed by atoms with E-state index < -0.39 is 0 Å². The number of hydrogen-bond acceptors (Lipinski definition) is 3. The third-order valence-electron chi connectivity index (χ3n) is 4.63. The number of thiophene rings is 1. The van der Waals surface area contributed by atoms with Gasteiger partial charge < -0.3 is 15.5 Å². The van der Waals surface area contributed by atoms with Crippen molar-refractivity contribution in [2.45, 2.75) is 45.1 Å². The lowest BCUT2D eigenvalue weighted by Gasteiger charge is -2.35. The lowest BCUT2D eigenvalue weighted by atomic mass is 9.98. The fourth-order valence-corrected chi connectivity index (χ4v) is 4.13. The van der Waals surface area contributed by atoms with Gasteiger partial charge in [0, 0.05) is 35.8 Å². The molecule has 138 valence electrons. The van der Waals surface area contributed by atoms with Crippen LogP contribution in [-0.2, 0) is 11.2 Å². The van der Waals surface area contributed by atoms with Crippen molar-refractivity contribution in [3.63, 3.8) is 0 Å². The first-order valence-corrected chi connectivity index (χ1v) is 9.97. The van der Waals surface area contributed by atoms with Crippen LogP contribution < -0.4 is 10.6 Å². The van der Waals surface area contributed by atoms with Gasteiger partial charge in [-0.25, -0.2) is 4.79 Å². The molecule has 0 spiro atoms. The zero-order valence-corrected chi connectivity index (χ0v) is 15.8. The molecular weight excluding hydrogens is 346 g/mol. The van der Waals surface area contributed by atoms with Gasteiger partial charge in [-0.3, -0.25) is 4.79 Å². The predicted octanol–water partition coefficient (Wildman–Crippen LogP) is 4.73. The maximum absolute atomic E-state index is 12.8. The summed E-state index contributed by atoms with van der Waals surface area (Å²) in [6.07, 6.45) is 5.31. The van der Waals surface area contributed by atoms with Crippen molar-refractivity contribution in [3.05, 3.63) is 46.7 Å². The second-order valence-corrected chi connectivity index (χ2v) is 7.69. The average molecular weight is 372 g/mol. The zero-order chi connectivity index (χ0) is 18.4. The third kappa shape index (κ3) is 5.08. The molecule has 0 unspecified atom stereocenters. The summed E-state index contributed by atoms with van der Waals surface area (Å²) in [6, 6.07) is 11.7. The van der Waals surface area contributed by atoms with Gasteiger partial charge in [-0.15, -0.1) is 11.3 Å². The van der Waals surface area contributed by atoms with E-state index in [2.05, 4.69) is 28.1 Å². The molecule has 1 atom stereocenters. The molecule has 2 heterocycles. The summed E-state index contributed by atoms with van der Waals surface area (Å²) < 4.78 is 0. The number of carbonyl (C=O) groups is 2. The number of nitrogens with zero attached hydrogens (tertiary/aromatic N) is 1. The number of aryl methyl sites for hydroxylation is 1. The van der Waals surface area contributed by atoms with Crippen LogP contribution in [0.4, 0.5) is 16.2 Å². The first-order chi connectivity index (χ1) is 12.6. The van der Waals surface area contributed by atoms with Gasteiger partial charge in [-0.1, -0.05) is 12.1 Å². The monoisotopic (exact) mass is 371 g/mol. The van der Waals surface area contributed by atoms with Crippen LogP contribution in [0.3, 0.4) is 0 Å². The van der Waals surface area contributed by atoms with E-state index >= 15 is 0 Å². The number of rotatable bonds is 5. The normalized spacial score (nSPS) is 17.0. The molecule has 3 rings (SSSR count). The number of urea groups is 1. The summed E-state index contributed by atoms with van der Waals surface area (Å²) in [6.45, 7) is 2.27. The maximum atomic E-state index is 12.8.